The maximum atomic E-state index is 13.2. The van der Waals surface area contributed by atoms with Gasteiger partial charge in [0.1, 0.15) is 30.4 Å². The topological polar surface area (TPSA) is 134 Å². The molecule has 6 N–H and O–H groups in total. The first kappa shape index (κ1) is 17.3. The Bertz CT molecular complexity index is 880. The fraction of sp³-hybridized carbons (Fsp3) is 0.353. The Kier molecular flexibility index (Phi) is 4.40. The number of ether oxygens (including phenoxy) is 1. The summed E-state index contributed by atoms with van der Waals surface area (Å²) < 4.78 is 18.7. The van der Waals surface area contributed by atoms with E-state index in [1.807, 2.05) is 0 Å². The molecule has 1 amide bonds. The highest BCUT2D eigenvalue weighted by molar-refractivity contribution is 5.97. The van der Waals surface area contributed by atoms with Gasteiger partial charge in [-0.3, -0.25) is 4.79 Å². The van der Waals surface area contributed by atoms with Crippen molar-refractivity contribution >= 4 is 29.0 Å². The maximum absolute atomic E-state index is 13.2. The molecule has 2 aromatic rings. The smallest absolute Gasteiger partial charge is 0.254 e. The summed E-state index contributed by atoms with van der Waals surface area (Å²) in [5, 5.41) is 18.7. The number of alkyl halides is 1. The van der Waals surface area contributed by atoms with Crippen LogP contribution < -0.4 is 26.4 Å². The fourth-order valence-electron chi connectivity index (χ4n) is 2.69. The van der Waals surface area contributed by atoms with Gasteiger partial charge in [-0.05, 0) is 18.2 Å². The zero-order valence-corrected chi connectivity index (χ0v) is 14.3. The highest BCUT2D eigenvalue weighted by atomic mass is 19.1. The summed E-state index contributed by atoms with van der Waals surface area (Å²) in [6.07, 6.45) is 0.126. The van der Waals surface area contributed by atoms with Crippen molar-refractivity contribution in [3.8, 4) is 5.75 Å². The van der Waals surface area contributed by atoms with Crippen LogP contribution in [0.5, 0.6) is 5.75 Å². The Morgan fingerprint density at radius 2 is 2.26 bits per heavy atom. The first-order chi connectivity index (χ1) is 13.0. The number of β-amino-alcohol motifs (C(OH)–C–C–N with tert-alkyl or cyclic N) is 1. The molecular formula is C17H19FN6O3. The van der Waals surface area contributed by atoms with E-state index in [9.17, 15) is 14.3 Å². The highest BCUT2D eigenvalue weighted by Gasteiger charge is 2.38. The van der Waals surface area contributed by atoms with Gasteiger partial charge in [0.2, 0.25) is 5.95 Å². The number of rotatable bonds is 5. The summed E-state index contributed by atoms with van der Waals surface area (Å²) in [6.45, 7) is 0.594. The minimum absolute atomic E-state index is 0.102. The maximum Gasteiger partial charge on any atom is 0.254 e. The number of anilines is 4. The van der Waals surface area contributed by atoms with E-state index in [4.69, 9.17) is 10.5 Å². The van der Waals surface area contributed by atoms with Gasteiger partial charge in [0.05, 0.1) is 17.3 Å². The van der Waals surface area contributed by atoms with E-state index in [-0.39, 0.29) is 30.0 Å². The second-order valence-electron chi connectivity index (χ2n) is 6.50. The third-order valence-corrected chi connectivity index (χ3v) is 4.28. The van der Waals surface area contributed by atoms with Gasteiger partial charge in [-0.25, -0.2) is 9.37 Å². The Morgan fingerprint density at radius 1 is 1.44 bits per heavy atom. The number of benzene rings is 1. The summed E-state index contributed by atoms with van der Waals surface area (Å²) >= 11 is 0. The molecule has 2 aliphatic rings. The van der Waals surface area contributed by atoms with Gasteiger partial charge in [0, 0.05) is 24.8 Å². The lowest BCUT2D eigenvalue weighted by atomic mass is 10.2. The van der Waals surface area contributed by atoms with Crippen LogP contribution in [0.4, 0.5) is 27.5 Å². The van der Waals surface area contributed by atoms with E-state index in [2.05, 4.69) is 25.9 Å². The Morgan fingerprint density at radius 3 is 3.00 bits per heavy atom. The molecule has 0 bridgehead atoms. The molecule has 4 rings (SSSR count). The molecule has 0 spiro atoms. The lowest BCUT2D eigenvalue weighted by Crippen LogP contribution is -2.23. The molecule has 1 aliphatic heterocycles. The summed E-state index contributed by atoms with van der Waals surface area (Å²) in [5.74, 6) is 0.370. The van der Waals surface area contributed by atoms with Gasteiger partial charge >= 0.3 is 0 Å². The van der Waals surface area contributed by atoms with Crippen molar-refractivity contribution in [2.24, 2.45) is 5.73 Å². The van der Waals surface area contributed by atoms with Gasteiger partial charge in [-0.15, -0.1) is 0 Å². The number of nitrogens with zero attached hydrogens (tertiary/aromatic N) is 2. The molecule has 0 saturated heterocycles. The number of carbonyl (C=O) groups excluding carboxylic acids is 1. The number of fused-ring (bicyclic) bond motifs is 1. The molecule has 0 radical (unpaired) electrons. The SMILES string of the molecule is NC(=O)c1cnc(Nc2ccc3c(c2)NC[C@H](O)CO3)nc1NC1CC1F. The first-order valence-corrected chi connectivity index (χ1v) is 8.53. The monoisotopic (exact) mass is 374 g/mol. The van der Waals surface area contributed by atoms with Crippen LogP contribution in [-0.2, 0) is 0 Å². The summed E-state index contributed by atoms with van der Waals surface area (Å²) in [4.78, 5) is 19.9. The fourth-order valence-corrected chi connectivity index (χ4v) is 2.69. The Hall–Kier alpha value is -3.14. The van der Waals surface area contributed by atoms with Crippen LogP contribution in [0.2, 0.25) is 0 Å². The Labute approximate surface area is 154 Å². The number of amides is 1. The second kappa shape index (κ2) is 6.88. The average molecular weight is 374 g/mol. The van der Waals surface area contributed by atoms with Crippen molar-refractivity contribution in [1.29, 1.82) is 0 Å². The summed E-state index contributed by atoms with van der Waals surface area (Å²) in [6, 6.07) is 4.96. The van der Waals surface area contributed by atoms with E-state index in [0.29, 0.717) is 24.4 Å². The van der Waals surface area contributed by atoms with Crippen LogP contribution >= 0.6 is 0 Å². The molecule has 1 aromatic heterocycles. The quantitative estimate of drug-likeness (QED) is 0.523. The summed E-state index contributed by atoms with van der Waals surface area (Å²) in [5.41, 5.74) is 6.84. The van der Waals surface area contributed by atoms with E-state index in [1.165, 1.54) is 6.20 Å². The minimum Gasteiger partial charge on any atom is -0.489 e. The number of aliphatic hydroxyl groups is 1. The van der Waals surface area contributed by atoms with Gasteiger partial charge in [0.25, 0.3) is 5.91 Å². The largest absolute Gasteiger partial charge is 0.489 e. The molecule has 1 fully saturated rings. The molecule has 1 saturated carbocycles. The molecule has 27 heavy (non-hydrogen) atoms. The predicted octanol–water partition coefficient (Wildman–Crippen LogP) is 1.01. The molecule has 2 unspecified atom stereocenters. The summed E-state index contributed by atoms with van der Waals surface area (Å²) in [7, 11) is 0. The van der Waals surface area contributed by atoms with E-state index >= 15 is 0 Å². The third kappa shape index (κ3) is 3.85. The number of aliphatic hydroxyl groups excluding tert-OH is 1. The van der Waals surface area contributed by atoms with Crippen molar-refractivity contribution in [1.82, 2.24) is 9.97 Å². The van der Waals surface area contributed by atoms with Crippen LogP contribution in [0, 0.1) is 0 Å². The lowest BCUT2D eigenvalue weighted by molar-refractivity contribution is 0.100. The van der Waals surface area contributed by atoms with Crippen LogP contribution in [0.3, 0.4) is 0 Å². The number of hydrogen-bond acceptors (Lipinski definition) is 8. The molecule has 142 valence electrons. The standard InChI is InChI=1S/C17H19FN6O3/c18-11-4-12(11)23-16-10(15(19)26)6-21-17(24-16)22-8-1-2-14-13(3-8)20-5-9(25)7-27-14/h1-3,6,9,11-12,20,25H,4-5,7H2,(H2,19,26)(H2,21,22,23,24)/t9-,11?,12?/m0/s1. The molecule has 2 heterocycles. The van der Waals surface area contributed by atoms with E-state index in [1.54, 1.807) is 18.2 Å². The lowest BCUT2D eigenvalue weighted by Gasteiger charge is -2.13. The number of halogens is 1. The van der Waals surface area contributed by atoms with Gasteiger partial charge < -0.3 is 31.5 Å². The van der Waals surface area contributed by atoms with Crippen molar-refractivity contribution in [2.75, 3.05) is 29.1 Å². The van der Waals surface area contributed by atoms with E-state index in [0.717, 1.165) is 5.69 Å². The van der Waals surface area contributed by atoms with Gasteiger partial charge in [-0.1, -0.05) is 0 Å². The second-order valence-corrected chi connectivity index (χ2v) is 6.50. The van der Waals surface area contributed by atoms with Crippen LogP contribution in [-0.4, -0.2) is 52.5 Å². The van der Waals surface area contributed by atoms with Gasteiger partial charge in [0.15, 0.2) is 0 Å². The molecule has 10 heteroatoms. The van der Waals surface area contributed by atoms with Crippen LogP contribution in [0.1, 0.15) is 16.8 Å². The van der Waals surface area contributed by atoms with Crippen molar-refractivity contribution in [3.63, 3.8) is 0 Å². The van der Waals surface area contributed by atoms with E-state index < -0.39 is 18.2 Å². The number of nitrogens with two attached hydrogens (primary N) is 1. The Balaban J connectivity index is 1.55. The number of hydrogen-bond donors (Lipinski definition) is 5. The molecule has 1 aliphatic carbocycles. The number of carbonyl (C=O) groups is 1. The zero-order chi connectivity index (χ0) is 19.0. The molecule has 3 atom stereocenters. The highest BCUT2D eigenvalue weighted by Crippen LogP contribution is 2.32. The van der Waals surface area contributed by atoms with Crippen molar-refractivity contribution < 1.29 is 19.0 Å². The molecule has 9 nitrogen and oxygen atoms in total. The number of primary amides is 1. The zero-order valence-electron chi connectivity index (χ0n) is 14.3. The average Bonchev–Trinajstić information content (AvgIpc) is 3.36. The molecule has 1 aromatic carbocycles. The van der Waals surface area contributed by atoms with Crippen molar-refractivity contribution in [2.45, 2.75) is 24.7 Å². The van der Waals surface area contributed by atoms with Crippen LogP contribution in [0.25, 0.3) is 0 Å². The normalized spacial score (nSPS) is 23.3. The first-order valence-electron chi connectivity index (χ1n) is 8.53. The number of nitrogens with one attached hydrogen (secondary N) is 3. The minimum atomic E-state index is -0.955. The third-order valence-electron chi connectivity index (χ3n) is 4.28. The number of aromatic nitrogens is 2. The molecular weight excluding hydrogens is 355 g/mol. The predicted molar refractivity (Wildman–Crippen MR) is 97.2 cm³/mol. The van der Waals surface area contributed by atoms with Crippen LogP contribution in [0.15, 0.2) is 24.4 Å². The van der Waals surface area contributed by atoms with Gasteiger partial charge in [-0.2, -0.15) is 4.98 Å². The van der Waals surface area contributed by atoms with Crippen molar-refractivity contribution in [3.05, 3.63) is 30.0 Å².